The molecular weight excluding hydrogens is 345 g/mol. The second-order valence-corrected chi connectivity index (χ2v) is 4.30. The average molecular weight is 369 g/mol. The maximum atomic E-state index is 5.66. The minimum atomic E-state index is 0. The van der Waals surface area contributed by atoms with E-state index >= 15 is 0 Å². The summed E-state index contributed by atoms with van der Waals surface area (Å²) in [7, 11) is 0. The van der Waals surface area contributed by atoms with Crippen LogP contribution in [0.2, 0.25) is 0 Å². The molecule has 1 rings (SSSR count). The minimum absolute atomic E-state index is 0. The average Bonchev–Trinajstić information content (AvgIpc) is 2.79. The summed E-state index contributed by atoms with van der Waals surface area (Å²) in [6, 6.07) is 0. The molecular formula is C12H24IN3O2. The Bertz CT molecular complexity index is 266. The number of hydrogen-bond acceptors (Lipinski definition) is 3. The predicted molar refractivity (Wildman–Crippen MR) is 84.5 cm³/mol. The standard InChI is InChI=1S/C12H23N3O2.HI/c1-10(2)8-15-12(13)14-5-3-6-17-11-4-7-16-9-11;/h11H,1,3-9H2,2H3,(H3,13,14,15);1H. The van der Waals surface area contributed by atoms with Gasteiger partial charge in [-0.25, -0.2) is 4.99 Å². The van der Waals surface area contributed by atoms with Crippen molar-refractivity contribution in [1.82, 2.24) is 5.32 Å². The molecule has 0 radical (unpaired) electrons. The molecule has 0 aromatic heterocycles. The Balaban J connectivity index is 0.00000289. The fourth-order valence-electron chi connectivity index (χ4n) is 1.46. The number of halogens is 1. The number of nitrogens with two attached hydrogens (primary N) is 1. The molecule has 0 saturated carbocycles. The first kappa shape index (κ1) is 17.7. The van der Waals surface area contributed by atoms with Crippen molar-refractivity contribution in [2.75, 3.05) is 32.9 Å². The Morgan fingerprint density at radius 2 is 2.39 bits per heavy atom. The molecule has 0 spiro atoms. The summed E-state index contributed by atoms with van der Waals surface area (Å²) in [4.78, 5) is 4.12. The highest BCUT2D eigenvalue weighted by Crippen LogP contribution is 2.07. The molecule has 1 heterocycles. The largest absolute Gasteiger partial charge is 0.379 e. The van der Waals surface area contributed by atoms with E-state index in [1.54, 1.807) is 0 Å². The van der Waals surface area contributed by atoms with Crippen molar-refractivity contribution in [3.05, 3.63) is 12.2 Å². The van der Waals surface area contributed by atoms with E-state index in [0.717, 1.165) is 44.8 Å². The molecule has 6 heteroatoms. The van der Waals surface area contributed by atoms with Gasteiger partial charge in [0.25, 0.3) is 0 Å². The van der Waals surface area contributed by atoms with Crippen molar-refractivity contribution in [3.8, 4) is 0 Å². The summed E-state index contributed by atoms with van der Waals surface area (Å²) >= 11 is 0. The molecule has 1 aliphatic heterocycles. The van der Waals surface area contributed by atoms with Gasteiger partial charge in [0.15, 0.2) is 5.96 Å². The van der Waals surface area contributed by atoms with Crippen molar-refractivity contribution in [2.45, 2.75) is 25.9 Å². The van der Waals surface area contributed by atoms with Crippen LogP contribution in [0.4, 0.5) is 0 Å². The van der Waals surface area contributed by atoms with Crippen LogP contribution in [-0.4, -0.2) is 45.0 Å². The molecule has 1 aliphatic rings. The lowest BCUT2D eigenvalue weighted by atomic mass is 10.3. The van der Waals surface area contributed by atoms with Crippen molar-refractivity contribution in [3.63, 3.8) is 0 Å². The van der Waals surface area contributed by atoms with E-state index in [1.807, 2.05) is 6.92 Å². The van der Waals surface area contributed by atoms with E-state index in [1.165, 1.54) is 0 Å². The van der Waals surface area contributed by atoms with Crippen molar-refractivity contribution >= 4 is 29.9 Å². The number of nitrogens with one attached hydrogen (secondary N) is 1. The molecule has 106 valence electrons. The third-order valence-corrected chi connectivity index (χ3v) is 2.39. The second-order valence-electron chi connectivity index (χ2n) is 4.30. The number of rotatable bonds is 7. The highest BCUT2D eigenvalue weighted by atomic mass is 127. The molecule has 5 nitrogen and oxygen atoms in total. The highest BCUT2D eigenvalue weighted by molar-refractivity contribution is 14.0. The van der Waals surface area contributed by atoms with Gasteiger partial charge in [-0.15, -0.1) is 24.0 Å². The molecule has 0 aromatic carbocycles. The van der Waals surface area contributed by atoms with Crippen LogP contribution >= 0.6 is 24.0 Å². The summed E-state index contributed by atoms with van der Waals surface area (Å²) in [5.74, 6) is 0.470. The lowest BCUT2D eigenvalue weighted by Gasteiger charge is -2.10. The van der Waals surface area contributed by atoms with Gasteiger partial charge in [0.05, 0.1) is 19.3 Å². The Labute approximate surface area is 126 Å². The quantitative estimate of drug-likeness (QED) is 0.233. The molecule has 0 aliphatic carbocycles. The van der Waals surface area contributed by atoms with Gasteiger partial charge in [-0.05, 0) is 19.8 Å². The molecule has 18 heavy (non-hydrogen) atoms. The second kappa shape index (κ2) is 10.6. The van der Waals surface area contributed by atoms with Crippen molar-refractivity contribution in [2.24, 2.45) is 10.7 Å². The summed E-state index contributed by atoms with van der Waals surface area (Å²) in [6.07, 6.45) is 2.21. The van der Waals surface area contributed by atoms with Gasteiger partial charge in [0.2, 0.25) is 0 Å². The number of hydrogen-bond donors (Lipinski definition) is 2. The number of aliphatic imine (C=N–C) groups is 1. The lowest BCUT2D eigenvalue weighted by Crippen LogP contribution is -2.33. The maximum absolute atomic E-state index is 5.66. The van der Waals surface area contributed by atoms with E-state index in [9.17, 15) is 0 Å². The molecule has 1 atom stereocenters. The topological polar surface area (TPSA) is 68.9 Å². The third-order valence-electron chi connectivity index (χ3n) is 2.39. The van der Waals surface area contributed by atoms with Crippen molar-refractivity contribution < 1.29 is 9.47 Å². The van der Waals surface area contributed by atoms with Gasteiger partial charge in [0.1, 0.15) is 0 Å². The Morgan fingerprint density at radius 3 is 3.00 bits per heavy atom. The summed E-state index contributed by atoms with van der Waals surface area (Å²) in [6.45, 7) is 9.32. The van der Waals surface area contributed by atoms with E-state index in [0.29, 0.717) is 12.5 Å². The zero-order chi connectivity index (χ0) is 12.5. The molecule has 0 amide bonds. The van der Waals surface area contributed by atoms with Crippen LogP contribution < -0.4 is 11.1 Å². The first-order valence-electron chi connectivity index (χ1n) is 6.06. The summed E-state index contributed by atoms with van der Waals surface area (Å²) < 4.78 is 10.8. The summed E-state index contributed by atoms with van der Waals surface area (Å²) in [5.41, 5.74) is 6.66. The Kier molecular flexibility index (Phi) is 10.4. The van der Waals surface area contributed by atoms with E-state index in [4.69, 9.17) is 15.2 Å². The Hall–Kier alpha value is -0.340. The van der Waals surface area contributed by atoms with Gasteiger partial charge >= 0.3 is 0 Å². The molecule has 1 fully saturated rings. The monoisotopic (exact) mass is 369 g/mol. The normalized spacial score (nSPS) is 19.4. The number of ether oxygens (including phenoxy) is 2. The third kappa shape index (κ3) is 8.71. The fraction of sp³-hybridized carbons (Fsp3) is 0.750. The smallest absolute Gasteiger partial charge is 0.188 e. The fourth-order valence-corrected chi connectivity index (χ4v) is 1.46. The SMILES string of the molecule is C=C(C)CN=C(N)NCCCOC1CCOC1.I. The van der Waals surface area contributed by atoms with Crippen LogP contribution in [0.5, 0.6) is 0 Å². The van der Waals surface area contributed by atoms with E-state index in [-0.39, 0.29) is 30.1 Å². The van der Waals surface area contributed by atoms with Crippen LogP contribution in [0.25, 0.3) is 0 Å². The van der Waals surface area contributed by atoms with E-state index in [2.05, 4.69) is 16.9 Å². The van der Waals surface area contributed by atoms with Gasteiger partial charge in [0, 0.05) is 19.8 Å². The maximum Gasteiger partial charge on any atom is 0.188 e. The molecule has 0 aromatic rings. The highest BCUT2D eigenvalue weighted by Gasteiger charge is 2.15. The molecule has 1 saturated heterocycles. The van der Waals surface area contributed by atoms with Gasteiger partial charge < -0.3 is 20.5 Å². The number of nitrogens with zero attached hydrogens (tertiary/aromatic N) is 1. The predicted octanol–water partition coefficient (Wildman–Crippen LogP) is 1.28. The lowest BCUT2D eigenvalue weighted by molar-refractivity contribution is 0.0420. The zero-order valence-electron chi connectivity index (χ0n) is 11.0. The van der Waals surface area contributed by atoms with Crippen LogP contribution in [0, 0.1) is 0 Å². The Morgan fingerprint density at radius 1 is 1.61 bits per heavy atom. The van der Waals surface area contributed by atoms with Crippen LogP contribution in [-0.2, 0) is 9.47 Å². The van der Waals surface area contributed by atoms with Crippen LogP contribution in [0.15, 0.2) is 17.1 Å². The molecule has 3 N–H and O–H groups in total. The molecule has 1 unspecified atom stereocenters. The van der Waals surface area contributed by atoms with Gasteiger partial charge in [-0.2, -0.15) is 0 Å². The molecule has 0 bridgehead atoms. The number of guanidine groups is 1. The van der Waals surface area contributed by atoms with Gasteiger partial charge in [-0.1, -0.05) is 12.2 Å². The van der Waals surface area contributed by atoms with Crippen molar-refractivity contribution in [1.29, 1.82) is 0 Å². The first-order chi connectivity index (χ1) is 8.18. The van der Waals surface area contributed by atoms with E-state index < -0.39 is 0 Å². The summed E-state index contributed by atoms with van der Waals surface area (Å²) in [5, 5.41) is 3.04. The van der Waals surface area contributed by atoms with Gasteiger partial charge in [-0.3, -0.25) is 0 Å². The van der Waals surface area contributed by atoms with Crippen LogP contribution in [0.3, 0.4) is 0 Å². The zero-order valence-corrected chi connectivity index (χ0v) is 13.3. The van der Waals surface area contributed by atoms with Crippen LogP contribution in [0.1, 0.15) is 19.8 Å². The first-order valence-corrected chi connectivity index (χ1v) is 6.06. The minimum Gasteiger partial charge on any atom is -0.379 e.